The molecule has 0 amide bonds. The number of terminal acetylenes is 1. The van der Waals surface area contributed by atoms with Gasteiger partial charge >= 0.3 is 0 Å². The highest BCUT2D eigenvalue weighted by Crippen LogP contribution is 2.37. The van der Waals surface area contributed by atoms with Gasteiger partial charge in [0.15, 0.2) is 14.1 Å². The molecule has 0 aromatic heterocycles. The quantitative estimate of drug-likeness (QED) is 0.582. The standard InChI is InChI=1S/C14H26O3Si/c1-9-11-12(17-14(5,6)16-11)10-15-18(7,8)13(2,3)4/h1,11-12H,10H2,2-8H3/t11-,12+/m1/s1. The molecule has 0 unspecified atom stereocenters. The van der Waals surface area contributed by atoms with E-state index in [0.717, 1.165) is 0 Å². The van der Waals surface area contributed by atoms with Crippen LogP contribution in [0.5, 0.6) is 0 Å². The average molecular weight is 270 g/mol. The maximum absolute atomic E-state index is 6.14. The summed E-state index contributed by atoms with van der Waals surface area (Å²) >= 11 is 0. The van der Waals surface area contributed by atoms with E-state index in [1.165, 1.54) is 0 Å². The molecule has 2 atom stereocenters. The molecule has 0 aromatic carbocycles. The summed E-state index contributed by atoms with van der Waals surface area (Å²) in [5.41, 5.74) is 0. The van der Waals surface area contributed by atoms with Crippen molar-refractivity contribution >= 4 is 8.32 Å². The molecule has 104 valence electrons. The third kappa shape index (κ3) is 3.58. The van der Waals surface area contributed by atoms with Gasteiger partial charge in [-0.3, -0.25) is 0 Å². The topological polar surface area (TPSA) is 27.7 Å². The minimum atomic E-state index is -1.77. The van der Waals surface area contributed by atoms with Crippen LogP contribution in [0.4, 0.5) is 0 Å². The lowest BCUT2D eigenvalue weighted by atomic mass is 10.2. The molecule has 0 N–H and O–H groups in total. The van der Waals surface area contributed by atoms with Crippen molar-refractivity contribution in [3.8, 4) is 12.3 Å². The molecule has 1 fully saturated rings. The van der Waals surface area contributed by atoms with E-state index in [0.29, 0.717) is 6.61 Å². The first-order valence-electron chi connectivity index (χ1n) is 6.44. The van der Waals surface area contributed by atoms with Gasteiger partial charge in [-0.25, -0.2) is 0 Å². The maximum atomic E-state index is 6.14. The first-order chi connectivity index (χ1) is 7.98. The van der Waals surface area contributed by atoms with Crippen LogP contribution in [0, 0.1) is 12.3 Å². The summed E-state index contributed by atoms with van der Waals surface area (Å²) in [6, 6.07) is 0. The van der Waals surface area contributed by atoms with Crippen LogP contribution in [0.25, 0.3) is 0 Å². The fourth-order valence-electron chi connectivity index (χ4n) is 1.61. The van der Waals surface area contributed by atoms with Crippen molar-refractivity contribution in [3.63, 3.8) is 0 Å². The van der Waals surface area contributed by atoms with Gasteiger partial charge in [0, 0.05) is 0 Å². The van der Waals surface area contributed by atoms with Gasteiger partial charge in [0.1, 0.15) is 12.2 Å². The summed E-state index contributed by atoms with van der Waals surface area (Å²) in [6.07, 6.45) is 4.99. The van der Waals surface area contributed by atoms with Crippen molar-refractivity contribution < 1.29 is 13.9 Å². The largest absolute Gasteiger partial charge is 0.414 e. The van der Waals surface area contributed by atoms with Crippen molar-refractivity contribution in [2.45, 2.75) is 70.7 Å². The van der Waals surface area contributed by atoms with Gasteiger partial charge < -0.3 is 13.9 Å². The Morgan fingerprint density at radius 2 is 1.83 bits per heavy atom. The molecule has 1 rings (SSSR count). The summed E-state index contributed by atoms with van der Waals surface area (Å²) in [5.74, 6) is 2.02. The minimum absolute atomic E-state index is 0.167. The highest BCUT2D eigenvalue weighted by Gasteiger charge is 2.43. The van der Waals surface area contributed by atoms with E-state index in [9.17, 15) is 0 Å². The van der Waals surface area contributed by atoms with Crippen LogP contribution in [0.3, 0.4) is 0 Å². The Kier molecular flexibility index (Phi) is 4.34. The summed E-state index contributed by atoms with van der Waals surface area (Å²) in [7, 11) is -1.77. The van der Waals surface area contributed by atoms with Gasteiger partial charge in [-0.2, -0.15) is 0 Å². The number of hydrogen-bond acceptors (Lipinski definition) is 3. The summed E-state index contributed by atoms with van der Waals surface area (Å²) in [4.78, 5) is 0. The fourth-order valence-corrected chi connectivity index (χ4v) is 2.62. The highest BCUT2D eigenvalue weighted by atomic mass is 28.4. The third-order valence-electron chi connectivity index (χ3n) is 3.76. The Hall–Kier alpha value is -0.343. The van der Waals surface area contributed by atoms with Gasteiger partial charge in [0.2, 0.25) is 0 Å². The second-order valence-electron chi connectivity index (χ2n) is 6.83. The molecule has 0 spiro atoms. The van der Waals surface area contributed by atoms with Crippen molar-refractivity contribution in [2.75, 3.05) is 6.61 Å². The van der Waals surface area contributed by atoms with Crippen LogP contribution in [0.1, 0.15) is 34.6 Å². The zero-order valence-electron chi connectivity index (χ0n) is 12.7. The predicted octanol–water partition coefficient (Wildman–Crippen LogP) is 3.16. The maximum Gasteiger partial charge on any atom is 0.192 e. The summed E-state index contributed by atoms with van der Waals surface area (Å²) in [6.45, 7) is 15.4. The first-order valence-corrected chi connectivity index (χ1v) is 9.35. The number of rotatable bonds is 3. The predicted molar refractivity (Wildman–Crippen MR) is 75.8 cm³/mol. The fraction of sp³-hybridized carbons (Fsp3) is 0.857. The Morgan fingerprint density at radius 1 is 1.28 bits per heavy atom. The Labute approximate surface area is 112 Å². The second-order valence-corrected chi connectivity index (χ2v) is 11.6. The molecular formula is C14H26O3Si. The van der Waals surface area contributed by atoms with Gasteiger partial charge in [-0.15, -0.1) is 6.42 Å². The lowest BCUT2D eigenvalue weighted by Gasteiger charge is -2.37. The van der Waals surface area contributed by atoms with Crippen LogP contribution in [0.15, 0.2) is 0 Å². The SMILES string of the molecule is C#C[C@H]1OC(C)(C)O[C@H]1CO[Si](C)(C)C(C)(C)C. The molecule has 0 bridgehead atoms. The van der Waals surface area contributed by atoms with Crippen LogP contribution >= 0.6 is 0 Å². The Balaban J connectivity index is 2.62. The Bertz CT molecular complexity index is 336. The molecule has 0 aliphatic carbocycles. The monoisotopic (exact) mass is 270 g/mol. The third-order valence-corrected chi connectivity index (χ3v) is 8.26. The van der Waals surface area contributed by atoms with E-state index in [2.05, 4.69) is 39.8 Å². The first kappa shape index (κ1) is 15.7. The van der Waals surface area contributed by atoms with Crippen LogP contribution < -0.4 is 0 Å². The lowest BCUT2D eigenvalue weighted by molar-refractivity contribution is -0.145. The van der Waals surface area contributed by atoms with Crippen molar-refractivity contribution in [2.24, 2.45) is 0 Å². The zero-order valence-corrected chi connectivity index (χ0v) is 13.7. The van der Waals surface area contributed by atoms with Gasteiger partial charge in [0.25, 0.3) is 0 Å². The van der Waals surface area contributed by atoms with Crippen LogP contribution in [-0.4, -0.2) is 32.9 Å². The molecule has 1 aliphatic rings. The normalized spacial score (nSPS) is 28.1. The summed E-state index contributed by atoms with van der Waals surface area (Å²) in [5, 5.41) is 0.188. The van der Waals surface area contributed by atoms with E-state index in [4.69, 9.17) is 20.3 Å². The molecule has 18 heavy (non-hydrogen) atoms. The average Bonchev–Trinajstić information content (AvgIpc) is 2.48. The Morgan fingerprint density at radius 3 is 2.28 bits per heavy atom. The van der Waals surface area contributed by atoms with E-state index in [1.807, 2.05) is 13.8 Å². The van der Waals surface area contributed by atoms with E-state index in [-0.39, 0.29) is 17.2 Å². The highest BCUT2D eigenvalue weighted by molar-refractivity contribution is 6.74. The molecule has 0 aromatic rings. The van der Waals surface area contributed by atoms with Gasteiger partial charge in [0.05, 0.1) is 6.61 Å². The summed E-state index contributed by atoms with van der Waals surface area (Å²) < 4.78 is 17.6. The van der Waals surface area contributed by atoms with Crippen molar-refractivity contribution in [1.82, 2.24) is 0 Å². The molecule has 0 radical (unpaired) electrons. The van der Waals surface area contributed by atoms with Crippen molar-refractivity contribution in [3.05, 3.63) is 0 Å². The van der Waals surface area contributed by atoms with Gasteiger partial charge in [-0.05, 0) is 32.0 Å². The van der Waals surface area contributed by atoms with E-state index in [1.54, 1.807) is 0 Å². The zero-order chi connectivity index (χ0) is 14.2. The molecule has 1 aliphatic heterocycles. The van der Waals surface area contributed by atoms with Gasteiger partial charge in [-0.1, -0.05) is 26.7 Å². The van der Waals surface area contributed by atoms with E-state index < -0.39 is 14.1 Å². The molecular weight excluding hydrogens is 244 g/mol. The molecule has 0 saturated carbocycles. The molecule has 1 saturated heterocycles. The molecule has 1 heterocycles. The lowest BCUT2D eigenvalue weighted by Crippen LogP contribution is -2.43. The van der Waals surface area contributed by atoms with E-state index >= 15 is 0 Å². The number of ether oxygens (including phenoxy) is 2. The van der Waals surface area contributed by atoms with Crippen LogP contribution in [-0.2, 0) is 13.9 Å². The minimum Gasteiger partial charge on any atom is -0.414 e. The molecule has 4 heteroatoms. The number of hydrogen-bond donors (Lipinski definition) is 0. The second kappa shape index (κ2) is 4.97. The molecule has 3 nitrogen and oxygen atoms in total. The van der Waals surface area contributed by atoms with Crippen molar-refractivity contribution in [1.29, 1.82) is 0 Å². The van der Waals surface area contributed by atoms with Crippen LogP contribution in [0.2, 0.25) is 18.1 Å². The smallest absolute Gasteiger partial charge is 0.192 e.